The molecule has 3 rings (SSSR count). The molecule has 0 aliphatic carbocycles. The zero-order valence-electron chi connectivity index (χ0n) is 16.5. The lowest BCUT2D eigenvalue weighted by Crippen LogP contribution is -2.28. The molecular weight excluding hydrogens is 453 g/mol. The quantitative estimate of drug-likeness (QED) is 0.492. The number of aromatic nitrogens is 1. The van der Waals surface area contributed by atoms with Crippen molar-refractivity contribution < 1.29 is 27.8 Å². The Labute approximate surface area is 187 Å². The third-order valence-electron chi connectivity index (χ3n) is 4.26. The normalized spacial score (nSPS) is 10.9. The number of ether oxygens (including phenoxy) is 3. The Hall–Kier alpha value is -2.84. The van der Waals surface area contributed by atoms with Gasteiger partial charge < -0.3 is 19.5 Å². The van der Waals surface area contributed by atoms with Gasteiger partial charge in [-0.1, -0.05) is 29.3 Å². The predicted octanol–water partition coefficient (Wildman–Crippen LogP) is 5.16. The maximum Gasteiger partial charge on any atom is 0.387 e. The first kappa shape index (κ1) is 22.8. The molecule has 1 aromatic heterocycles. The molecule has 0 saturated heterocycles. The summed E-state index contributed by atoms with van der Waals surface area (Å²) in [5.41, 5.74) is 1.83. The number of carbonyl (C=O) groups excluding carboxylic acids is 1. The maximum absolute atomic E-state index is 12.4. The third-order valence-corrected chi connectivity index (χ3v) is 4.85. The number of nitrogens with zero attached hydrogens (tertiary/aromatic N) is 1. The van der Waals surface area contributed by atoms with Gasteiger partial charge in [-0.05, 0) is 42.8 Å². The maximum atomic E-state index is 12.4. The lowest BCUT2D eigenvalue weighted by Gasteiger charge is -2.13. The highest BCUT2D eigenvalue weighted by Gasteiger charge is 2.15. The largest absolute Gasteiger partial charge is 0.493 e. The van der Waals surface area contributed by atoms with E-state index >= 15 is 0 Å². The van der Waals surface area contributed by atoms with E-state index < -0.39 is 12.5 Å². The fourth-order valence-electron chi connectivity index (χ4n) is 2.83. The van der Waals surface area contributed by atoms with Gasteiger partial charge in [0.25, 0.3) is 5.91 Å². The van der Waals surface area contributed by atoms with E-state index in [9.17, 15) is 13.6 Å². The van der Waals surface area contributed by atoms with Crippen LogP contribution in [0.3, 0.4) is 0 Å². The minimum Gasteiger partial charge on any atom is -0.493 e. The van der Waals surface area contributed by atoms with Crippen LogP contribution < -0.4 is 19.5 Å². The zero-order valence-corrected chi connectivity index (χ0v) is 18.1. The molecule has 2 aromatic carbocycles. The number of hydrogen-bond acceptors (Lipinski definition) is 5. The van der Waals surface area contributed by atoms with Crippen LogP contribution in [0.1, 0.15) is 11.3 Å². The van der Waals surface area contributed by atoms with E-state index in [1.807, 2.05) is 13.0 Å². The van der Waals surface area contributed by atoms with Crippen molar-refractivity contribution in [3.63, 3.8) is 0 Å². The van der Waals surface area contributed by atoms with Crippen LogP contribution in [0.2, 0.25) is 10.0 Å². The fourth-order valence-corrected chi connectivity index (χ4v) is 3.40. The van der Waals surface area contributed by atoms with Gasteiger partial charge in [-0.25, -0.2) is 4.98 Å². The van der Waals surface area contributed by atoms with Crippen LogP contribution in [0, 0.1) is 6.92 Å². The number of alkyl halides is 2. The topological polar surface area (TPSA) is 69.7 Å². The van der Waals surface area contributed by atoms with Crippen molar-refractivity contribution in [3.8, 4) is 17.2 Å². The Balaban J connectivity index is 1.66. The van der Waals surface area contributed by atoms with Crippen LogP contribution in [-0.2, 0) is 11.3 Å². The second kappa shape index (κ2) is 9.98. The lowest BCUT2D eigenvalue weighted by atomic mass is 10.2. The molecule has 6 nitrogen and oxygen atoms in total. The molecular formula is C21H18Cl2F2N2O4. The number of aryl methyl sites for hydroxylation is 1. The van der Waals surface area contributed by atoms with E-state index in [0.29, 0.717) is 21.5 Å². The summed E-state index contributed by atoms with van der Waals surface area (Å²) < 4.78 is 39.9. The van der Waals surface area contributed by atoms with Crippen LogP contribution in [0.25, 0.3) is 10.9 Å². The van der Waals surface area contributed by atoms with Crippen molar-refractivity contribution in [2.75, 3.05) is 13.7 Å². The molecule has 0 radical (unpaired) electrons. The van der Waals surface area contributed by atoms with Crippen LogP contribution in [0.15, 0.2) is 36.4 Å². The van der Waals surface area contributed by atoms with Gasteiger partial charge in [0, 0.05) is 17.6 Å². The van der Waals surface area contributed by atoms with Gasteiger partial charge in [0.2, 0.25) is 0 Å². The van der Waals surface area contributed by atoms with Crippen molar-refractivity contribution in [2.45, 2.75) is 20.1 Å². The van der Waals surface area contributed by atoms with Crippen molar-refractivity contribution in [2.24, 2.45) is 0 Å². The first-order valence-electron chi connectivity index (χ1n) is 9.05. The fraction of sp³-hybridized carbons (Fsp3) is 0.238. The number of amides is 1. The molecule has 0 atom stereocenters. The molecule has 0 aliphatic rings. The van der Waals surface area contributed by atoms with E-state index in [1.165, 1.54) is 31.4 Å². The number of nitrogens with one attached hydrogen (secondary N) is 1. The molecule has 0 spiro atoms. The summed E-state index contributed by atoms with van der Waals surface area (Å²) in [6.07, 6.45) is 0. The minimum absolute atomic E-state index is 0.0945. The summed E-state index contributed by atoms with van der Waals surface area (Å²) in [6, 6.07) is 9.52. The van der Waals surface area contributed by atoms with Crippen molar-refractivity contribution in [1.29, 1.82) is 0 Å². The molecule has 0 bridgehead atoms. The van der Waals surface area contributed by atoms with Gasteiger partial charge in [-0.3, -0.25) is 4.79 Å². The first-order chi connectivity index (χ1) is 14.8. The number of carbonyl (C=O) groups is 1. The van der Waals surface area contributed by atoms with Crippen molar-refractivity contribution >= 4 is 40.0 Å². The second-order valence-electron chi connectivity index (χ2n) is 6.45. The van der Waals surface area contributed by atoms with E-state index in [1.54, 1.807) is 6.07 Å². The summed E-state index contributed by atoms with van der Waals surface area (Å²) in [5.74, 6) is -0.124. The van der Waals surface area contributed by atoms with Gasteiger partial charge >= 0.3 is 6.61 Å². The van der Waals surface area contributed by atoms with Gasteiger partial charge in [0.05, 0.1) is 17.2 Å². The number of fused-ring (bicyclic) bond motifs is 1. The molecule has 1 N–H and O–H groups in total. The highest BCUT2D eigenvalue weighted by atomic mass is 35.5. The van der Waals surface area contributed by atoms with Crippen LogP contribution >= 0.6 is 23.2 Å². The number of halogens is 4. The molecule has 0 aliphatic heterocycles. The highest BCUT2D eigenvalue weighted by Crippen LogP contribution is 2.37. The van der Waals surface area contributed by atoms with Gasteiger partial charge in [-0.15, -0.1) is 0 Å². The lowest BCUT2D eigenvalue weighted by molar-refractivity contribution is -0.123. The highest BCUT2D eigenvalue weighted by molar-refractivity contribution is 6.39. The summed E-state index contributed by atoms with van der Waals surface area (Å²) in [6.45, 7) is -1.34. The van der Waals surface area contributed by atoms with Crippen molar-refractivity contribution in [3.05, 3.63) is 57.7 Å². The molecule has 31 heavy (non-hydrogen) atoms. The third kappa shape index (κ3) is 5.65. The Kier molecular flexibility index (Phi) is 7.35. The van der Waals surface area contributed by atoms with Gasteiger partial charge in [0.15, 0.2) is 23.9 Å². The molecule has 10 heteroatoms. The van der Waals surface area contributed by atoms with Gasteiger partial charge in [0.1, 0.15) is 5.52 Å². The summed E-state index contributed by atoms with van der Waals surface area (Å²) >= 11 is 12.5. The van der Waals surface area contributed by atoms with E-state index in [-0.39, 0.29) is 35.4 Å². The Morgan fingerprint density at radius 2 is 1.90 bits per heavy atom. The summed E-state index contributed by atoms with van der Waals surface area (Å²) in [7, 11) is 1.33. The number of benzene rings is 2. The Morgan fingerprint density at radius 3 is 2.61 bits per heavy atom. The molecule has 164 valence electrons. The van der Waals surface area contributed by atoms with Gasteiger partial charge in [-0.2, -0.15) is 8.78 Å². The summed E-state index contributed by atoms with van der Waals surface area (Å²) in [5, 5.41) is 4.00. The molecule has 1 heterocycles. The number of methoxy groups -OCH3 is 1. The van der Waals surface area contributed by atoms with Crippen LogP contribution in [-0.4, -0.2) is 31.2 Å². The second-order valence-corrected chi connectivity index (χ2v) is 7.26. The average Bonchev–Trinajstić information content (AvgIpc) is 2.72. The predicted molar refractivity (Wildman–Crippen MR) is 113 cm³/mol. The van der Waals surface area contributed by atoms with Crippen molar-refractivity contribution in [1.82, 2.24) is 10.3 Å². The smallest absolute Gasteiger partial charge is 0.387 e. The van der Waals surface area contributed by atoms with Crippen LogP contribution in [0.5, 0.6) is 17.2 Å². The monoisotopic (exact) mass is 470 g/mol. The molecule has 0 fully saturated rings. The number of rotatable bonds is 8. The van der Waals surface area contributed by atoms with E-state index in [2.05, 4.69) is 15.0 Å². The molecule has 0 unspecified atom stereocenters. The van der Waals surface area contributed by atoms with E-state index in [4.69, 9.17) is 32.7 Å². The summed E-state index contributed by atoms with van der Waals surface area (Å²) in [4.78, 5) is 16.7. The molecule has 0 saturated carbocycles. The first-order valence-corrected chi connectivity index (χ1v) is 9.80. The zero-order chi connectivity index (χ0) is 22.5. The molecule has 1 amide bonds. The Bertz CT molecular complexity index is 1110. The molecule has 3 aromatic rings. The Morgan fingerprint density at radius 1 is 1.13 bits per heavy atom. The van der Waals surface area contributed by atoms with Crippen LogP contribution in [0.4, 0.5) is 8.78 Å². The SMILES string of the molecule is COc1cc(CNC(=O)COc2c(Cl)cc(Cl)c3ccc(C)nc23)ccc1OC(F)F. The number of hydrogen-bond donors (Lipinski definition) is 1. The number of pyridine rings is 1. The van der Waals surface area contributed by atoms with E-state index in [0.717, 1.165) is 5.69 Å². The minimum atomic E-state index is -2.97. The average molecular weight is 471 g/mol. The standard InChI is InChI=1S/C21H18Cl2F2N2O4/c1-11-3-5-13-14(22)8-15(23)20(19(13)27-11)30-10-18(28)26-9-12-4-6-16(31-21(24)25)17(7-12)29-2/h3-8,21H,9-10H2,1-2H3,(H,26,28).